The number of hydrogen-bond acceptors (Lipinski definition) is 5. The maximum Gasteiger partial charge on any atom is 0.307 e. The molecule has 0 aromatic heterocycles. The van der Waals surface area contributed by atoms with E-state index in [1.165, 1.54) is 0 Å². The summed E-state index contributed by atoms with van der Waals surface area (Å²) < 4.78 is 10.3. The van der Waals surface area contributed by atoms with Gasteiger partial charge in [-0.25, -0.2) is 0 Å². The molecular formula is C18H25ClN2O4. The lowest BCUT2D eigenvalue weighted by Gasteiger charge is -2.30. The lowest BCUT2D eigenvalue weighted by Crippen LogP contribution is -2.43. The number of rotatable bonds is 8. The molecule has 0 atom stereocenters. The minimum Gasteiger partial charge on any atom is -0.466 e. The first-order valence-electron chi connectivity index (χ1n) is 8.60. The number of benzene rings is 1. The van der Waals surface area contributed by atoms with Crippen LogP contribution in [0, 0.1) is 0 Å². The van der Waals surface area contributed by atoms with Crippen molar-refractivity contribution in [3.63, 3.8) is 0 Å². The van der Waals surface area contributed by atoms with Gasteiger partial charge in [-0.2, -0.15) is 0 Å². The fraction of sp³-hybridized carbons (Fsp3) is 0.556. The highest BCUT2D eigenvalue weighted by Gasteiger charge is 2.19. The van der Waals surface area contributed by atoms with Gasteiger partial charge in [-0.1, -0.05) is 11.6 Å². The average molecular weight is 369 g/mol. The topological polar surface area (TPSA) is 59.1 Å². The Morgan fingerprint density at radius 2 is 1.88 bits per heavy atom. The largest absolute Gasteiger partial charge is 0.466 e. The van der Waals surface area contributed by atoms with Crippen LogP contribution in [0.4, 0.5) is 0 Å². The Morgan fingerprint density at radius 3 is 2.52 bits per heavy atom. The van der Waals surface area contributed by atoms with Crippen molar-refractivity contribution in [2.45, 2.75) is 13.3 Å². The maximum atomic E-state index is 12.8. The van der Waals surface area contributed by atoms with E-state index < -0.39 is 0 Å². The summed E-state index contributed by atoms with van der Waals surface area (Å²) in [6, 6.07) is 6.80. The molecule has 0 bridgehead atoms. The lowest BCUT2D eigenvalue weighted by molar-refractivity contribution is -0.143. The molecule has 1 aliphatic heterocycles. The second-order valence-electron chi connectivity index (χ2n) is 5.81. The van der Waals surface area contributed by atoms with E-state index in [9.17, 15) is 9.59 Å². The van der Waals surface area contributed by atoms with Crippen LogP contribution >= 0.6 is 11.6 Å². The second-order valence-corrected chi connectivity index (χ2v) is 6.24. The smallest absolute Gasteiger partial charge is 0.307 e. The van der Waals surface area contributed by atoms with Gasteiger partial charge < -0.3 is 14.4 Å². The Balaban J connectivity index is 1.97. The first kappa shape index (κ1) is 19.7. The minimum atomic E-state index is -0.289. The molecule has 6 nitrogen and oxygen atoms in total. The van der Waals surface area contributed by atoms with Crippen LogP contribution in [-0.2, 0) is 14.3 Å². The molecule has 0 spiro atoms. The van der Waals surface area contributed by atoms with Gasteiger partial charge >= 0.3 is 5.97 Å². The van der Waals surface area contributed by atoms with Crippen molar-refractivity contribution in [3.05, 3.63) is 34.9 Å². The van der Waals surface area contributed by atoms with Gasteiger partial charge in [-0.05, 0) is 31.2 Å². The predicted octanol–water partition coefficient (Wildman–Crippen LogP) is 2.07. The third-order valence-corrected chi connectivity index (χ3v) is 4.31. The van der Waals surface area contributed by atoms with E-state index in [0.29, 0.717) is 43.5 Å². The summed E-state index contributed by atoms with van der Waals surface area (Å²) in [5.74, 6) is -0.392. The van der Waals surface area contributed by atoms with Crippen molar-refractivity contribution >= 4 is 23.5 Å². The van der Waals surface area contributed by atoms with Crippen molar-refractivity contribution in [2.75, 3.05) is 52.5 Å². The second kappa shape index (κ2) is 10.4. The summed E-state index contributed by atoms with van der Waals surface area (Å²) >= 11 is 5.89. The number of ether oxygens (including phenoxy) is 2. The number of nitrogens with zero attached hydrogens (tertiary/aromatic N) is 2. The van der Waals surface area contributed by atoms with Crippen LogP contribution in [0.15, 0.2) is 24.3 Å². The Bertz CT molecular complexity index is 559. The molecule has 1 aromatic carbocycles. The third kappa shape index (κ3) is 6.65. The number of morpholine rings is 1. The van der Waals surface area contributed by atoms with Crippen LogP contribution < -0.4 is 0 Å². The normalized spacial score (nSPS) is 15.0. The van der Waals surface area contributed by atoms with Crippen LogP contribution in [0.2, 0.25) is 5.02 Å². The minimum absolute atomic E-state index is 0.103. The van der Waals surface area contributed by atoms with E-state index in [-0.39, 0.29) is 18.3 Å². The SMILES string of the molecule is CCOC(=O)CCN(CCN1CCOCC1)C(=O)c1ccc(Cl)cc1. The van der Waals surface area contributed by atoms with E-state index in [0.717, 1.165) is 19.6 Å². The fourth-order valence-corrected chi connectivity index (χ4v) is 2.76. The molecule has 1 saturated heterocycles. The maximum absolute atomic E-state index is 12.8. The van der Waals surface area contributed by atoms with Gasteiger partial charge in [0.05, 0.1) is 26.2 Å². The third-order valence-electron chi connectivity index (χ3n) is 4.06. The molecule has 25 heavy (non-hydrogen) atoms. The lowest BCUT2D eigenvalue weighted by atomic mass is 10.2. The first-order valence-corrected chi connectivity index (χ1v) is 8.98. The van der Waals surface area contributed by atoms with Gasteiger partial charge in [0.15, 0.2) is 0 Å². The molecule has 7 heteroatoms. The monoisotopic (exact) mass is 368 g/mol. The molecule has 0 aliphatic carbocycles. The Kier molecular flexibility index (Phi) is 8.18. The molecule has 1 aliphatic rings. The summed E-state index contributed by atoms with van der Waals surface area (Å²) in [6.07, 6.45) is 0.191. The van der Waals surface area contributed by atoms with Crippen LogP contribution in [0.5, 0.6) is 0 Å². The number of hydrogen-bond donors (Lipinski definition) is 0. The number of amides is 1. The molecular weight excluding hydrogens is 344 g/mol. The van der Waals surface area contributed by atoms with E-state index in [1.54, 1.807) is 36.1 Å². The summed E-state index contributed by atoms with van der Waals surface area (Å²) in [5.41, 5.74) is 0.565. The van der Waals surface area contributed by atoms with Gasteiger partial charge in [0.1, 0.15) is 0 Å². The molecule has 0 radical (unpaired) electrons. The Labute approximate surface area is 153 Å². The van der Waals surface area contributed by atoms with Crippen LogP contribution in [0.25, 0.3) is 0 Å². The summed E-state index contributed by atoms with van der Waals surface area (Å²) in [6.45, 7) is 6.92. The molecule has 0 N–H and O–H groups in total. The van der Waals surface area contributed by atoms with Gasteiger partial charge in [0.2, 0.25) is 0 Å². The highest BCUT2D eigenvalue weighted by Crippen LogP contribution is 2.12. The van der Waals surface area contributed by atoms with Crippen LogP contribution in [0.1, 0.15) is 23.7 Å². The number of carbonyl (C=O) groups is 2. The number of esters is 1. The molecule has 138 valence electrons. The summed E-state index contributed by atoms with van der Waals surface area (Å²) in [4.78, 5) is 28.4. The highest BCUT2D eigenvalue weighted by atomic mass is 35.5. The van der Waals surface area contributed by atoms with Gasteiger partial charge in [0.25, 0.3) is 5.91 Å². The zero-order chi connectivity index (χ0) is 18.1. The van der Waals surface area contributed by atoms with Gasteiger partial charge in [-0.15, -0.1) is 0 Å². The molecule has 1 amide bonds. The predicted molar refractivity (Wildman–Crippen MR) is 95.9 cm³/mol. The Morgan fingerprint density at radius 1 is 1.20 bits per heavy atom. The quantitative estimate of drug-likeness (QED) is 0.657. The van der Waals surface area contributed by atoms with Crippen LogP contribution in [0.3, 0.4) is 0 Å². The standard InChI is InChI=1S/C18H25ClN2O4/c1-2-25-17(22)7-8-21(10-9-20-11-13-24-14-12-20)18(23)15-3-5-16(19)6-4-15/h3-6H,2,7-14H2,1H3. The van der Waals surface area contributed by atoms with E-state index >= 15 is 0 Å². The van der Waals surface area contributed by atoms with Crippen molar-refractivity contribution in [1.82, 2.24) is 9.80 Å². The summed E-state index contributed by atoms with van der Waals surface area (Å²) in [5, 5.41) is 0.586. The van der Waals surface area contributed by atoms with Crippen LogP contribution in [-0.4, -0.2) is 74.2 Å². The first-order chi connectivity index (χ1) is 12.1. The summed E-state index contributed by atoms with van der Waals surface area (Å²) in [7, 11) is 0. The Hall–Kier alpha value is -1.63. The van der Waals surface area contributed by atoms with Crippen molar-refractivity contribution in [3.8, 4) is 0 Å². The average Bonchev–Trinajstić information content (AvgIpc) is 2.63. The molecule has 2 rings (SSSR count). The molecule has 1 fully saturated rings. The molecule has 0 saturated carbocycles. The van der Waals surface area contributed by atoms with Crippen molar-refractivity contribution in [2.24, 2.45) is 0 Å². The van der Waals surface area contributed by atoms with Gasteiger partial charge in [0, 0.05) is 43.3 Å². The molecule has 1 aromatic rings. The van der Waals surface area contributed by atoms with Crippen molar-refractivity contribution in [1.29, 1.82) is 0 Å². The zero-order valence-electron chi connectivity index (χ0n) is 14.6. The fourth-order valence-electron chi connectivity index (χ4n) is 2.64. The van der Waals surface area contributed by atoms with E-state index in [1.807, 2.05) is 0 Å². The highest BCUT2D eigenvalue weighted by molar-refractivity contribution is 6.30. The zero-order valence-corrected chi connectivity index (χ0v) is 15.3. The number of halogens is 1. The van der Waals surface area contributed by atoms with E-state index in [4.69, 9.17) is 21.1 Å². The van der Waals surface area contributed by atoms with E-state index in [2.05, 4.69) is 4.90 Å². The molecule has 1 heterocycles. The molecule has 0 unspecified atom stereocenters. The van der Waals surface area contributed by atoms with Crippen molar-refractivity contribution < 1.29 is 19.1 Å². The van der Waals surface area contributed by atoms with Gasteiger partial charge in [-0.3, -0.25) is 14.5 Å². The number of carbonyl (C=O) groups excluding carboxylic acids is 2.